The second-order valence-electron chi connectivity index (χ2n) is 6.25. The standard InChI is InChI=1S/C21H17FN4O3/c1-28-17-10-9-16(18-19(17)26-29-20(18)23)12-5-7-14(8-6-12)24-21(27)25-15-4-2-3-13(22)11-15/h2-11H,23H2,1H3,(H2,24,25,27). The monoisotopic (exact) mass is 392 g/mol. The van der Waals surface area contributed by atoms with E-state index in [4.69, 9.17) is 15.0 Å². The second kappa shape index (κ2) is 7.51. The maximum absolute atomic E-state index is 13.2. The van der Waals surface area contributed by atoms with Crippen molar-refractivity contribution in [2.45, 2.75) is 0 Å². The largest absolute Gasteiger partial charge is 0.494 e. The zero-order chi connectivity index (χ0) is 20.4. The number of anilines is 3. The van der Waals surface area contributed by atoms with Gasteiger partial charge in [-0.05, 0) is 53.6 Å². The average molecular weight is 392 g/mol. The average Bonchev–Trinajstić information content (AvgIpc) is 3.10. The number of rotatable bonds is 4. The van der Waals surface area contributed by atoms with E-state index in [0.717, 1.165) is 11.1 Å². The fourth-order valence-corrected chi connectivity index (χ4v) is 3.05. The number of hydrogen-bond acceptors (Lipinski definition) is 5. The van der Waals surface area contributed by atoms with Crippen LogP contribution in [0.25, 0.3) is 22.0 Å². The van der Waals surface area contributed by atoms with Crippen molar-refractivity contribution in [3.63, 3.8) is 0 Å². The van der Waals surface area contributed by atoms with Crippen molar-refractivity contribution in [1.82, 2.24) is 5.16 Å². The number of halogens is 1. The van der Waals surface area contributed by atoms with Crippen LogP contribution < -0.4 is 21.1 Å². The number of ether oxygens (including phenoxy) is 1. The number of aromatic nitrogens is 1. The molecule has 0 radical (unpaired) electrons. The summed E-state index contributed by atoms with van der Waals surface area (Å²) < 4.78 is 23.6. The highest BCUT2D eigenvalue weighted by Crippen LogP contribution is 2.37. The third-order valence-electron chi connectivity index (χ3n) is 4.38. The van der Waals surface area contributed by atoms with Gasteiger partial charge >= 0.3 is 6.03 Å². The van der Waals surface area contributed by atoms with Crippen molar-refractivity contribution in [3.8, 4) is 16.9 Å². The van der Waals surface area contributed by atoms with E-state index in [2.05, 4.69) is 15.8 Å². The summed E-state index contributed by atoms with van der Waals surface area (Å²) in [6, 6.07) is 16.0. The highest BCUT2D eigenvalue weighted by atomic mass is 19.1. The lowest BCUT2D eigenvalue weighted by molar-refractivity contribution is 0.262. The van der Waals surface area contributed by atoms with Crippen LogP contribution in [0, 0.1) is 5.82 Å². The van der Waals surface area contributed by atoms with Crippen LogP contribution in [0.2, 0.25) is 0 Å². The Morgan fingerprint density at radius 3 is 2.55 bits per heavy atom. The molecule has 146 valence electrons. The summed E-state index contributed by atoms with van der Waals surface area (Å²) in [5.74, 6) is 0.341. The molecule has 0 fully saturated rings. The van der Waals surface area contributed by atoms with E-state index in [1.54, 1.807) is 31.4 Å². The van der Waals surface area contributed by atoms with Crippen molar-refractivity contribution in [3.05, 3.63) is 66.5 Å². The molecule has 0 aliphatic rings. The molecule has 0 atom stereocenters. The minimum Gasteiger partial charge on any atom is -0.494 e. The number of carbonyl (C=O) groups is 1. The number of carbonyl (C=O) groups excluding carboxylic acids is 1. The number of amides is 2. The maximum atomic E-state index is 13.2. The lowest BCUT2D eigenvalue weighted by Crippen LogP contribution is -2.19. The van der Waals surface area contributed by atoms with E-state index in [9.17, 15) is 9.18 Å². The summed E-state index contributed by atoms with van der Waals surface area (Å²) in [6.45, 7) is 0. The van der Waals surface area contributed by atoms with Crippen molar-refractivity contribution >= 4 is 34.2 Å². The molecule has 8 heteroatoms. The van der Waals surface area contributed by atoms with E-state index in [-0.39, 0.29) is 5.88 Å². The molecular formula is C21H17FN4O3. The van der Waals surface area contributed by atoms with Crippen molar-refractivity contribution in [2.24, 2.45) is 0 Å². The molecular weight excluding hydrogens is 375 g/mol. The number of nitrogens with zero attached hydrogens (tertiary/aromatic N) is 1. The van der Waals surface area contributed by atoms with E-state index in [0.29, 0.717) is 28.0 Å². The van der Waals surface area contributed by atoms with Gasteiger partial charge in [-0.1, -0.05) is 23.4 Å². The Balaban J connectivity index is 1.55. The second-order valence-corrected chi connectivity index (χ2v) is 6.25. The van der Waals surface area contributed by atoms with Gasteiger partial charge in [-0.25, -0.2) is 9.18 Å². The summed E-state index contributed by atoms with van der Waals surface area (Å²) in [4.78, 5) is 12.1. The Bertz CT molecular complexity index is 1190. The number of nitrogens with two attached hydrogens (primary N) is 1. The molecule has 7 nitrogen and oxygen atoms in total. The van der Waals surface area contributed by atoms with Gasteiger partial charge in [0.2, 0.25) is 5.88 Å². The molecule has 0 saturated carbocycles. The smallest absolute Gasteiger partial charge is 0.323 e. The number of urea groups is 1. The number of nitrogens with one attached hydrogen (secondary N) is 2. The third-order valence-corrected chi connectivity index (χ3v) is 4.38. The van der Waals surface area contributed by atoms with Crippen LogP contribution in [0.4, 0.5) is 26.4 Å². The Morgan fingerprint density at radius 1 is 1.07 bits per heavy atom. The van der Waals surface area contributed by atoms with Crippen LogP contribution in [-0.2, 0) is 0 Å². The first-order valence-electron chi connectivity index (χ1n) is 8.71. The SMILES string of the molecule is COc1ccc(-c2ccc(NC(=O)Nc3cccc(F)c3)cc2)c2c(N)onc12. The predicted octanol–water partition coefficient (Wildman–Crippen LogP) is 4.87. The Hall–Kier alpha value is -4.07. The lowest BCUT2D eigenvalue weighted by Gasteiger charge is -2.10. The molecule has 4 N–H and O–H groups in total. The first kappa shape index (κ1) is 18.3. The summed E-state index contributed by atoms with van der Waals surface area (Å²) in [5, 5.41) is 9.90. The van der Waals surface area contributed by atoms with E-state index in [1.807, 2.05) is 18.2 Å². The summed E-state index contributed by atoms with van der Waals surface area (Å²) in [7, 11) is 1.55. The Morgan fingerprint density at radius 2 is 1.83 bits per heavy atom. The maximum Gasteiger partial charge on any atom is 0.323 e. The highest BCUT2D eigenvalue weighted by molar-refractivity contribution is 6.04. The van der Waals surface area contributed by atoms with Gasteiger partial charge in [0.25, 0.3) is 0 Å². The molecule has 2 amide bonds. The van der Waals surface area contributed by atoms with Crippen LogP contribution in [-0.4, -0.2) is 18.3 Å². The lowest BCUT2D eigenvalue weighted by atomic mass is 10.0. The van der Waals surface area contributed by atoms with Gasteiger partial charge < -0.3 is 25.6 Å². The molecule has 1 heterocycles. The van der Waals surface area contributed by atoms with Gasteiger partial charge in [-0.2, -0.15) is 0 Å². The van der Waals surface area contributed by atoms with Crippen LogP contribution in [0.1, 0.15) is 0 Å². The topological polar surface area (TPSA) is 102 Å². The molecule has 0 spiro atoms. The predicted molar refractivity (Wildman–Crippen MR) is 109 cm³/mol. The molecule has 29 heavy (non-hydrogen) atoms. The molecule has 0 unspecified atom stereocenters. The summed E-state index contributed by atoms with van der Waals surface area (Å²) >= 11 is 0. The normalized spacial score (nSPS) is 10.7. The van der Waals surface area contributed by atoms with Crippen molar-refractivity contribution in [2.75, 3.05) is 23.5 Å². The van der Waals surface area contributed by atoms with Crippen LogP contribution >= 0.6 is 0 Å². The van der Waals surface area contributed by atoms with Gasteiger partial charge in [0.15, 0.2) is 5.52 Å². The molecule has 1 aromatic heterocycles. The number of nitrogen functional groups attached to an aromatic ring is 1. The summed E-state index contributed by atoms with van der Waals surface area (Å²) in [5.41, 5.74) is 9.11. The van der Waals surface area contributed by atoms with Gasteiger partial charge in [0.1, 0.15) is 11.6 Å². The number of fused-ring (bicyclic) bond motifs is 1. The first-order chi connectivity index (χ1) is 14.0. The Kier molecular flexibility index (Phi) is 4.74. The van der Waals surface area contributed by atoms with Gasteiger partial charge in [0.05, 0.1) is 12.5 Å². The van der Waals surface area contributed by atoms with Crippen LogP contribution in [0.15, 0.2) is 65.2 Å². The Labute approximate surface area is 165 Å². The molecule has 3 aromatic carbocycles. The van der Waals surface area contributed by atoms with E-state index in [1.165, 1.54) is 18.2 Å². The minimum absolute atomic E-state index is 0.200. The van der Waals surface area contributed by atoms with E-state index < -0.39 is 11.8 Å². The minimum atomic E-state index is -0.474. The zero-order valence-corrected chi connectivity index (χ0v) is 15.4. The fourth-order valence-electron chi connectivity index (χ4n) is 3.05. The van der Waals surface area contributed by atoms with Gasteiger partial charge in [0, 0.05) is 11.4 Å². The van der Waals surface area contributed by atoms with Crippen LogP contribution in [0.5, 0.6) is 5.75 Å². The number of hydrogen-bond donors (Lipinski definition) is 3. The molecule has 4 aromatic rings. The number of benzene rings is 3. The molecule has 0 aliphatic carbocycles. The first-order valence-corrected chi connectivity index (χ1v) is 8.71. The molecule has 4 rings (SSSR count). The molecule has 0 bridgehead atoms. The number of methoxy groups -OCH3 is 1. The zero-order valence-electron chi connectivity index (χ0n) is 15.4. The van der Waals surface area contributed by atoms with Crippen molar-refractivity contribution < 1.29 is 18.4 Å². The summed E-state index contributed by atoms with van der Waals surface area (Å²) in [6.07, 6.45) is 0. The van der Waals surface area contributed by atoms with E-state index >= 15 is 0 Å². The van der Waals surface area contributed by atoms with Crippen molar-refractivity contribution in [1.29, 1.82) is 0 Å². The van der Waals surface area contributed by atoms with Crippen LogP contribution in [0.3, 0.4) is 0 Å². The highest BCUT2D eigenvalue weighted by Gasteiger charge is 2.16. The van der Waals surface area contributed by atoms with Gasteiger partial charge in [-0.3, -0.25) is 0 Å². The molecule has 0 saturated heterocycles. The van der Waals surface area contributed by atoms with Gasteiger partial charge in [-0.15, -0.1) is 0 Å². The fraction of sp³-hybridized carbons (Fsp3) is 0.0476. The quantitative estimate of drug-likeness (QED) is 0.460. The molecule has 0 aliphatic heterocycles. The third kappa shape index (κ3) is 3.68.